The third-order valence-electron chi connectivity index (χ3n) is 3.94. The summed E-state index contributed by atoms with van der Waals surface area (Å²) in [6.45, 7) is 4.81. The lowest BCUT2D eigenvalue weighted by Gasteiger charge is -2.20. The van der Waals surface area contributed by atoms with Crippen molar-refractivity contribution in [2.24, 2.45) is 0 Å². The molecule has 0 fully saturated rings. The van der Waals surface area contributed by atoms with Crippen molar-refractivity contribution in [3.8, 4) is 0 Å². The molecule has 0 aliphatic heterocycles. The van der Waals surface area contributed by atoms with Gasteiger partial charge in [-0.05, 0) is 20.5 Å². The molecule has 0 heterocycles. The lowest BCUT2D eigenvalue weighted by atomic mass is 10.0. The van der Waals surface area contributed by atoms with Crippen LogP contribution < -0.4 is 0 Å². The van der Waals surface area contributed by atoms with Gasteiger partial charge in [-0.3, -0.25) is 9.69 Å². The third-order valence-corrected chi connectivity index (χ3v) is 3.94. The Hall–Kier alpha value is -0.610. The van der Waals surface area contributed by atoms with E-state index < -0.39 is 0 Å². The number of carbonyl (C=O) groups excluding carboxylic acids is 1. The van der Waals surface area contributed by atoms with Crippen LogP contribution in [-0.2, 0) is 14.3 Å². The van der Waals surface area contributed by atoms with Crippen molar-refractivity contribution in [1.29, 1.82) is 0 Å². The van der Waals surface area contributed by atoms with Gasteiger partial charge in [-0.1, -0.05) is 64.7 Å². The zero-order valence-electron chi connectivity index (χ0n) is 15.9. The van der Waals surface area contributed by atoms with Gasteiger partial charge in [0.1, 0.15) is 0 Å². The van der Waals surface area contributed by atoms with E-state index in [2.05, 4.69) is 6.92 Å². The molecule has 0 aliphatic rings. The minimum atomic E-state index is -0.209. The van der Waals surface area contributed by atoms with Crippen LogP contribution >= 0.6 is 0 Å². The molecular formula is C19H39NO3. The predicted octanol–water partition coefficient (Wildman–Crippen LogP) is 4.76. The Morgan fingerprint density at radius 3 is 2.00 bits per heavy atom. The molecule has 0 bridgehead atoms. The molecule has 0 rings (SSSR count). The quantitative estimate of drug-likeness (QED) is 0.232. The van der Waals surface area contributed by atoms with Gasteiger partial charge in [0.05, 0.1) is 19.4 Å². The van der Waals surface area contributed by atoms with Gasteiger partial charge >= 0.3 is 5.97 Å². The fourth-order valence-electron chi connectivity index (χ4n) is 2.58. The first-order valence-corrected chi connectivity index (χ1v) is 9.46. The van der Waals surface area contributed by atoms with Gasteiger partial charge in [-0.2, -0.15) is 0 Å². The van der Waals surface area contributed by atoms with Crippen molar-refractivity contribution in [3.05, 3.63) is 0 Å². The van der Waals surface area contributed by atoms with E-state index in [0.717, 1.165) is 12.8 Å². The summed E-state index contributed by atoms with van der Waals surface area (Å²) < 4.78 is 10.9. The largest absolute Gasteiger partial charge is 0.466 e. The fraction of sp³-hybridized carbons (Fsp3) is 0.947. The molecule has 0 saturated heterocycles. The molecule has 0 aromatic carbocycles. The molecule has 0 spiro atoms. The highest BCUT2D eigenvalue weighted by Gasteiger charge is 2.10. The Labute approximate surface area is 143 Å². The van der Waals surface area contributed by atoms with E-state index >= 15 is 0 Å². The fourth-order valence-corrected chi connectivity index (χ4v) is 2.58. The van der Waals surface area contributed by atoms with Crippen molar-refractivity contribution >= 4 is 5.97 Å². The normalized spacial score (nSPS) is 12.6. The number of hydrogen-bond donors (Lipinski definition) is 0. The molecular weight excluding hydrogens is 290 g/mol. The third kappa shape index (κ3) is 17.6. The van der Waals surface area contributed by atoms with Crippen molar-refractivity contribution in [2.45, 2.75) is 90.6 Å². The molecule has 4 nitrogen and oxygen atoms in total. The van der Waals surface area contributed by atoms with E-state index in [9.17, 15) is 4.79 Å². The average molecular weight is 330 g/mol. The number of esters is 1. The van der Waals surface area contributed by atoms with E-state index in [1.54, 1.807) is 0 Å². The second-order valence-corrected chi connectivity index (χ2v) is 6.74. The molecule has 4 heteroatoms. The van der Waals surface area contributed by atoms with Gasteiger partial charge in [0.2, 0.25) is 0 Å². The number of hydrogen-bond acceptors (Lipinski definition) is 4. The van der Waals surface area contributed by atoms with E-state index in [1.807, 2.05) is 19.0 Å². The van der Waals surface area contributed by atoms with Gasteiger partial charge in [0.15, 0.2) is 0 Å². The van der Waals surface area contributed by atoms with Crippen molar-refractivity contribution in [3.63, 3.8) is 0 Å². The van der Waals surface area contributed by atoms with Crippen LogP contribution in [0.1, 0.15) is 84.5 Å². The number of carbonyl (C=O) groups is 1. The maximum atomic E-state index is 10.8. The molecule has 23 heavy (non-hydrogen) atoms. The van der Waals surface area contributed by atoms with Gasteiger partial charge in [-0.25, -0.2) is 0 Å². The summed E-state index contributed by atoms with van der Waals surface area (Å²) >= 11 is 0. The first kappa shape index (κ1) is 22.4. The number of ether oxygens (including phenoxy) is 2. The van der Waals surface area contributed by atoms with Gasteiger partial charge in [0.25, 0.3) is 0 Å². The van der Waals surface area contributed by atoms with Crippen LogP contribution in [0, 0.1) is 0 Å². The zero-order valence-corrected chi connectivity index (χ0v) is 15.9. The maximum Gasteiger partial charge on any atom is 0.302 e. The van der Waals surface area contributed by atoms with Gasteiger partial charge < -0.3 is 9.47 Å². The van der Waals surface area contributed by atoms with Crippen LogP contribution in [0.4, 0.5) is 0 Å². The molecule has 0 aromatic rings. The van der Waals surface area contributed by atoms with Crippen LogP contribution in [0.15, 0.2) is 0 Å². The second kappa shape index (κ2) is 16.3. The minimum absolute atomic E-state index is 0.196. The van der Waals surface area contributed by atoms with Crippen molar-refractivity contribution < 1.29 is 14.3 Å². The van der Waals surface area contributed by atoms with E-state index in [4.69, 9.17) is 9.47 Å². The van der Waals surface area contributed by atoms with Crippen LogP contribution in [-0.4, -0.2) is 44.4 Å². The Kier molecular flexibility index (Phi) is 15.8. The van der Waals surface area contributed by atoms with E-state index in [-0.39, 0.29) is 12.1 Å². The summed E-state index contributed by atoms with van der Waals surface area (Å²) in [5.74, 6) is -0.209. The summed E-state index contributed by atoms with van der Waals surface area (Å²) in [6.07, 6.45) is 14.1. The summed E-state index contributed by atoms with van der Waals surface area (Å²) in [6, 6.07) is 0. The number of rotatable bonds is 16. The highest BCUT2D eigenvalue weighted by molar-refractivity contribution is 5.65. The monoisotopic (exact) mass is 329 g/mol. The first-order valence-electron chi connectivity index (χ1n) is 9.46. The summed E-state index contributed by atoms with van der Waals surface area (Å²) in [4.78, 5) is 12.9. The van der Waals surface area contributed by atoms with Crippen LogP contribution in [0.25, 0.3) is 0 Å². The molecule has 1 atom stereocenters. The van der Waals surface area contributed by atoms with Gasteiger partial charge in [-0.15, -0.1) is 0 Å². The molecule has 138 valence electrons. The molecule has 0 N–H and O–H groups in total. The molecule has 0 aromatic heterocycles. The molecule has 1 unspecified atom stereocenters. The Morgan fingerprint density at radius 2 is 1.48 bits per heavy atom. The average Bonchev–Trinajstić information content (AvgIpc) is 2.49. The first-order chi connectivity index (χ1) is 11.1. The SMILES string of the molecule is CCCCCCCCCCCC(CCOC(C)=O)OCN(C)C. The second-order valence-electron chi connectivity index (χ2n) is 6.74. The summed E-state index contributed by atoms with van der Waals surface area (Å²) in [5, 5.41) is 0. The topological polar surface area (TPSA) is 38.8 Å². The zero-order chi connectivity index (χ0) is 17.3. The number of unbranched alkanes of at least 4 members (excludes halogenated alkanes) is 8. The van der Waals surface area contributed by atoms with Gasteiger partial charge in [0, 0.05) is 13.3 Å². The highest BCUT2D eigenvalue weighted by atomic mass is 16.5. The molecule has 0 aliphatic carbocycles. The lowest BCUT2D eigenvalue weighted by Crippen LogP contribution is -2.24. The van der Waals surface area contributed by atoms with Crippen LogP contribution in [0.5, 0.6) is 0 Å². The summed E-state index contributed by atoms with van der Waals surface area (Å²) in [7, 11) is 4.00. The lowest BCUT2D eigenvalue weighted by molar-refractivity contribution is -0.142. The van der Waals surface area contributed by atoms with Crippen molar-refractivity contribution in [2.75, 3.05) is 27.4 Å². The Bertz CT molecular complexity index is 269. The van der Waals surface area contributed by atoms with E-state index in [1.165, 1.54) is 64.7 Å². The molecule has 0 amide bonds. The number of nitrogens with zero attached hydrogens (tertiary/aromatic N) is 1. The van der Waals surface area contributed by atoms with Crippen LogP contribution in [0.3, 0.4) is 0 Å². The summed E-state index contributed by atoms with van der Waals surface area (Å²) in [5.41, 5.74) is 0. The maximum absolute atomic E-state index is 10.8. The van der Waals surface area contributed by atoms with Crippen molar-refractivity contribution in [1.82, 2.24) is 4.90 Å². The highest BCUT2D eigenvalue weighted by Crippen LogP contribution is 2.14. The standard InChI is InChI=1S/C19H39NO3/c1-5-6-7-8-9-10-11-12-13-14-19(23-17-20(3)4)15-16-22-18(2)21/h19H,5-17H2,1-4H3. The smallest absolute Gasteiger partial charge is 0.302 e. The Balaban J connectivity index is 3.66. The predicted molar refractivity (Wildman–Crippen MR) is 96.5 cm³/mol. The molecule has 0 radical (unpaired) electrons. The van der Waals surface area contributed by atoms with E-state index in [0.29, 0.717) is 13.3 Å². The Morgan fingerprint density at radius 1 is 0.913 bits per heavy atom. The molecule has 0 saturated carbocycles. The minimum Gasteiger partial charge on any atom is -0.466 e. The van der Waals surface area contributed by atoms with Crippen LogP contribution in [0.2, 0.25) is 0 Å².